The van der Waals surface area contributed by atoms with E-state index in [1.54, 1.807) is 23.1 Å². The fourth-order valence-electron chi connectivity index (χ4n) is 3.96. The largest absolute Gasteiger partial charge is 0.490 e. The fourth-order valence-corrected chi connectivity index (χ4v) is 4.12. The monoisotopic (exact) mass is 452 g/mol. The van der Waals surface area contributed by atoms with Gasteiger partial charge in [-0.25, -0.2) is 0 Å². The molecule has 4 rings (SSSR count). The number of hydrogen-bond acceptors (Lipinski definition) is 5. The summed E-state index contributed by atoms with van der Waals surface area (Å²) in [6.45, 7) is 6.94. The van der Waals surface area contributed by atoms with Gasteiger partial charge in [-0.05, 0) is 56.4 Å². The molecule has 0 bridgehead atoms. The first-order valence-electron chi connectivity index (χ1n) is 10.4. The highest BCUT2D eigenvalue weighted by Crippen LogP contribution is 2.39. The van der Waals surface area contributed by atoms with Crippen molar-refractivity contribution in [3.8, 4) is 5.75 Å². The molecule has 1 atom stereocenters. The Labute approximate surface area is 191 Å². The highest BCUT2D eigenvalue weighted by molar-refractivity contribution is 6.32. The van der Waals surface area contributed by atoms with Crippen LogP contribution in [-0.2, 0) is 0 Å². The van der Waals surface area contributed by atoms with Crippen LogP contribution < -0.4 is 10.2 Å². The van der Waals surface area contributed by atoms with Gasteiger partial charge in [0.05, 0.1) is 17.0 Å². The lowest BCUT2D eigenvalue weighted by Gasteiger charge is -2.26. The highest BCUT2D eigenvalue weighted by atomic mass is 35.5. The molecule has 6 nitrogen and oxygen atoms in total. The number of ether oxygens (including phenoxy) is 1. The van der Waals surface area contributed by atoms with Gasteiger partial charge in [-0.15, -0.1) is 0 Å². The zero-order valence-corrected chi connectivity index (χ0v) is 19.1. The van der Waals surface area contributed by atoms with Gasteiger partial charge >= 0.3 is 0 Å². The topological polar surface area (TPSA) is 63.0 Å². The maximum atomic E-state index is 13.6. The molecule has 1 aromatic heterocycles. The van der Waals surface area contributed by atoms with Crippen molar-refractivity contribution >= 4 is 28.5 Å². The molecule has 1 amide bonds. The molecule has 0 saturated carbocycles. The molecule has 2 heterocycles. The minimum absolute atomic E-state index is 0.0883. The van der Waals surface area contributed by atoms with Crippen molar-refractivity contribution in [1.82, 2.24) is 9.80 Å². The van der Waals surface area contributed by atoms with Crippen LogP contribution in [0.2, 0.25) is 5.02 Å². The molecule has 0 radical (unpaired) electrons. The first-order valence-corrected chi connectivity index (χ1v) is 10.8. The van der Waals surface area contributed by atoms with E-state index in [1.165, 1.54) is 0 Å². The first-order chi connectivity index (χ1) is 15.3. The summed E-state index contributed by atoms with van der Waals surface area (Å²) < 4.78 is 11.7. The molecular weight excluding hydrogens is 428 g/mol. The average Bonchev–Trinajstić information content (AvgIpc) is 3.04. The molecule has 0 aliphatic carbocycles. The Morgan fingerprint density at radius 2 is 2.03 bits per heavy atom. The lowest BCUT2D eigenvalue weighted by atomic mass is 9.98. The third-order valence-electron chi connectivity index (χ3n) is 5.58. The van der Waals surface area contributed by atoms with E-state index in [2.05, 4.69) is 6.58 Å². The molecule has 1 aliphatic heterocycles. The fraction of sp³-hybridized carbons (Fsp3) is 0.280. The Bertz CT molecular complexity index is 1260. The van der Waals surface area contributed by atoms with Crippen molar-refractivity contribution < 1.29 is 13.9 Å². The van der Waals surface area contributed by atoms with E-state index in [4.69, 9.17) is 20.8 Å². The van der Waals surface area contributed by atoms with Crippen LogP contribution in [0.15, 0.2) is 58.3 Å². The van der Waals surface area contributed by atoms with Crippen molar-refractivity contribution in [2.24, 2.45) is 0 Å². The Kier molecular flexibility index (Phi) is 6.09. The van der Waals surface area contributed by atoms with E-state index in [9.17, 15) is 9.59 Å². The average molecular weight is 453 g/mol. The molecule has 0 saturated heterocycles. The van der Waals surface area contributed by atoms with Crippen molar-refractivity contribution in [3.05, 3.63) is 86.7 Å². The van der Waals surface area contributed by atoms with Crippen molar-refractivity contribution in [1.29, 1.82) is 0 Å². The second-order valence-electron chi connectivity index (χ2n) is 8.15. The molecule has 32 heavy (non-hydrogen) atoms. The molecule has 1 unspecified atom stereocenters. The lowest BCUT2D eigenvalue weighted by molar-refractivity contribution is 0.0716. The minimum atomic E-state index is -0.578. The second-order valence-corrected chi connectivity index (χ2v) is 8.56. The summed E-state index contributed by atoms with van der Waals surface area (Å²) in [6.07, 6.45) is 1.66. The number of carbonyl (C=O) groups is 1. The van der Waals surface area contributed by atoms with Gasteiger partial charge < -0.3 is 19.0 Å². The molecule has 0 spiro atoms. The van der Waals surface area contributed by atoms with E-state index in [0.717, 1.165) is 11.1 Å². The van der Waals surface area contributed by atoms with E-state index in [0.29, 0.717) is 47.0 Å². The third-order valence-corrected chi connectivity index (χ3v) is 5.98. The van der Waals surface area contributed by atoms with Gasteiger partial charge in [0.15, 0.2) is 5.43 Å². The summed E-state index contributed by atoms with van der Waals surface area (Å²) in [5.74, 6) is 0.431. The number of carbonyl (C=O) groups excluding carboxylic acids is 1. The first kappa shape index (κ1) is 22.1. The Hall–Kier alpha value is -3.09. The number of nitrogens with zero attached hydrogens (tertiary/aromatic N) is 2. The lowest BCUT2D eigenvalue weighted by Crippen LogP contribution is -2.35. The summed E-state index contributed by atoms with van der Waals surface area (Å²) in [7, 11) is 3.88. The van der Waals surface area contributed by atoms with E-state index in [-0.39, 0.29) is 17.1 Å². The van der Waals surface area contributed by atoms with Crippen molar-refractivity contribution in [2.45, 2.75) is 13.0 Å². The number of benzene rings is 2. The van der Waals surface area contributed by atoms with Crippen LogP contribution in [-0.4, -0.2) is 49.5 Å². The Balaban J connectivity index is 1.91. The number of fused-ring (bicyclic) bond motifs is 2. The van der Waals surface area contributed by atoms with Crippen molar-refractivity contribution in [3.63, 3.8) is 0 Å². The Morgan fingerprint density at radius 3 is 2.75 bits per heavy atom. The quantitative estimate of drug-likeness (QED) is 0.496. The van der Waals surface area contributed by atoms with E-state index >= 15 is 0 Å². The van der Waals surface area contributed by atoms with Crippen LogP contribution in [0.3, 0.4) is 0 Å². The van der Waals surface area contributed by atoms with Gasteiger partial charge in [-0.1, -0.05) is 36.4 Å². The maximum absolute atomic E-state index is 13.6. The predicted octanol–water partition coefficient (Wildman–Crippen LogP) is 4.43. The van der Waals surface area contributed by atoms with Gasteiger partial charge in [0, 0.05) is 18.1 Å². The van der Waals surface area contributed by atoms with E-state index in [1.807, 2.05) is 50.2 Å². The number of halogens is 1. The SMILES string of the molecule is C=CCOc1cccc(C2c3c(oc4cc(C)c(Cl)cc4c3=O)C(=O)N2CCN(C)C)c1. The van der Waals surface area contributed by atoms with Crippen molar-refractivity contribution in [2.75, 3.05) is 33.8 Å². The summed E-state index contributed by atoms with van der Waals surface area (Å²) in [5.41, 5.74) is 2.01. The number of amides is 1. The molecule has 1 aliphatic rings. The summed E-state index contributed by atoms with van der Waals surface area (Å²) in [5, 5.41) is 0.848. The van der Waals surface area contributed by atoms with Crippen LogP contribution in [0.5, 0.6) is 5.75 Å². The predicted molar refractivity (Wildman–Crippen MR) is 126 cm³/mol. The van der Waals surface area contributed by atoms with Crippen LogP contribution in [0.4, 0.5) is 0 Å². The van der Waals surface area contributed by atoms with E-state index < -0.39 is 6.04 Å². The summed E-state index contributed by atoms with van der Waals surface area (Å²) in [6, 6.07) is 10.2. The molecule has 0 N–H and O–H groups in total. The molecule has 0 fully saturated rings. The third kappa shape index (κ3) is 3.92. The van der Waals surface area contributed by atoms with Crippen LogP contribution in [0, 0.1) is 6.92 Å². The van der Waals surface area contributed by atoms with Crippen LogP contribution in [0.25, 0.3) is 11.0 Å². The highest BCUT2D eigenvalue weighted by Gasteiger charge is 2.42. The van der Waals surface area contributed by atoms with Crippen LogP contribution in [0.1, 0.15) is 33.3 Å². The molecule has 166 valence electrons. The van der Waals surface area contributed by atoms with Crippen LogP contribution >= 0.6 is 11.6 Å². The molecule has 3 aromatic rings. The smallest absolute Gasteiger partial charge is 0.290 e. The second kappa shape index (κ2) is 8.81. The number of likely N-dealkylation sites (N-methyl/N-ethyl adjacent to an activating group) is 1. The van der Waals surface area contributed by atoms with Gasteiger partial charge in [-0.2, -0.15) is 0 Å². The zero-order chi connectivity index (χ0) is 23.0. The number of rotatable bonds is 7. The van der Waals surface area contributed by atoms with Gasteiger partial charge in [0.1, 0.15) is 17.9 Å². The molecular formula is C25H25ClN2O4. The number of aryl methyl sites for hydroxylation is 1. The summed E-state index contributed by atoms with van der Waals surface area (Å²) in [4.78, 5) is 30.7. The normalized spacial score (nSPS) is 15.5. The maximum Gasteiger partial charge on any atom is 0.290 e. The van der Waals surface area contributed by atoms with Gasteiger partial charge in [0.25, 0.3) is 5.91 Å². The number of hydrogen-bond donors (Lipinski definition) is 0. The zero-order valence-electron chi connectivity index (χ0n) is 18.4. The minimum Gasteiger partial charge on any atom is -0.490 e. The van der Waals surface area contributed by atoms with Gasteiger partial charge in [-0.3, -0.25) is 9.59 Å². The molecule has 7 heteroatoms. The standard InChI is InChI=1S/C25H25ClN2O4/c1-5-11-31-17-8-6-7-16(13-17)22-21-23(29)18-14-19(26)15(2)12-20(18)32-24(21)25(30)28(22)10-9-27(3)4/h5-8,12-14,22H,1,9-11H2,2-4H3. The summed E-state index contributed by atoms with van der Waals surface area (Å²) >= 11 is 6.29. The Morgan fingerprint density at radius 1 is 1.25 bits per heavy atom. The van der Waals surface area contributed by atoms with Gasteiger partial charge in [0.2, 0.25) is 5.76 Å². The molecule has 2 aromatic carbocycles.